The Morgan fingerprint density at radius 1 is 1.42 bits per heavy atom. The fraction of sp³-hybridized carbons (Fsp3) is 0.364. The van der Waals surface area contributed by atoms with Crippen LogP contribution in [0.25, 0.3) is 0 Å². The lowest BCUT2D eigenvalue weighted by Crippen LogP contribution is -2.25. The summed E-state index contributed by atoms with van der Waals surface area (Å²) >= 11 is 0. The minimum atomic E-state index is -0.902. The van der Waals surface area contributed by atoms with Crippen molar-refractivity contribution in [1.29, 1.82) is 0 Å². The maximum atomic E-state index is 13.5. The smallest absolute Gasteiger partial charge is 0.272 e. The first-order valence-corrected chi connectivity index (χ1v) is 5.48. The molecular formula is C11H15ClFN3O3. The van der Waals surface area contributed by atoms with E-state index in [1.54, 1.807) is 0 Å². The van der Waals surface area contributed by atoms with Crippen LogP contribution in [0.3, 0.4) is 0 Å². The number of rotatable bonds is 6. The van der Waals surface area contributed by atoms with Gasteiger partial charge in [0.2, 0.25) is 0 Å². The van der Waals surface area contributed by atoms with E-state index in [4.69, 9.17) is 5.73 Å². The number of carbonyl (C=O) groups is 1. The Morgan fingerprint density at radius 2 is 2.11 bits per heavy atom. The van der Waals surface area contributed by atoms with Crippen LogP contribution in [-0.4, -0.2) is 23.9 Å². The highest BCUT2D eigenvalue weighted by molar-refractivity contribution is 5.94. The Balaban J connectivity index is 0.00000324. The Morgan fingerprint density at radius 3 is 2.63 bits per heavy atom. The Bertz CT molecular complexity index is 457. The first-order chi connectivity index (χ1) is 8.56. The van der Waals surface area contributed by atoms with Crippen molar-refractivity contribution in [2.45, 2.75) is 12.8 Å². The third-order valence-corrected chi connectivity index (χ3v) is 2.32. The molecule has 0 radical (unpaired) electrons. The number of nitro benzene ring substituents is 1. The fourth-order valence-electron chi connectivity index (χ4n) is 1.37. The maximum Gasteiger partial charge on any atom is 0.272 e. The van der Waals surface area contributed by atoms with E-state index >= 15 is 0 Å². The largest absolute Gasteiger partial charge is 0.352 e. The van der Waals surface area contributed by atoms with Crippen LogP contribution in [0.15, 0.2) is 18.2 Å². The number of unbranched alkanes of at least 4 members (excludes halogenated alkanes) is 1. The molecule has 0 bridgehead atoms. The molecule has 1 aromatic carbocycles. The van der Waals surface area contributed by atoms with Crippen LogP contribution in [0.5, 0.6) is 0 Å². The Labute approximate surface area is 115 Å². The van der Waals surface area contributed by atoms with Gasteiger partial charge in [0.15, 0.2) is 0 Å². The molecule has 0 aliphatic rings. The molecular weight excluding hydrogens is 277 g/mol. The number of amides is 1. The molecule has 0 aromatic heterocycles. The van der Waals surface area contributed by atoms with Gasteiger partial charge in [0.1, 0.15) is 5.82 Å². The van der Waals surface area contributed by atoms with Crippen LogP contribution in [-0.2, 0) is 0 Å². The summed E-state index contributed by atoms with van der Waals surface area (Å²) in [5.74, 6) is -1.49. The molecule has 106 valence electrons. The second-order valence-corrected chi connectivity index (χ2v) is 3.67. The normalized spacial score (nSPS) is 9.58. The quantitative estimate of drug-likeness (QED) is 0.473. The van der Waals surface area contributed by atoms with Crippen LogP contribution >= 0.6 is 12.4 Å². The molecule has 0 unspecified atom stereocenters. The molecule has 8 heteroatoms. The predicted molar refractivity (Wildman–Crippen MR) is 70.9 cm³/mol. The van der Waals surface area contributed by atoms with E-state index in [1.165, 1.54) is 0 Å². The van der Waals surface area contributed by atoms with Gasteiger partial charge in [-0.3, -0.25) is 14.9 Å². The monoisotopic (exact) mass is 291 g/mol. The number of nitrogens with one attached hydrogen (secondary N) is 1. The Kier molecular flexibility index (Phi) is 7.62. The number of nitrogens with two attached hydrogens (primary N) is 1. The van der Waals surface area contributed by atoms with Crippen molar-refractivity contribution in [3.05, 3.63) is 39.7 Å². The van der Waals surface area contributed by atoms with E-state index in [1.807, 2.05) is 0 Å². The summed E-state index contributed by atoms with van der Waals surface area (Å²) in [6, 6.07) is 2.93. The first-order valence-electron chi connectivity index (χ1n) is 5.48. The SMILES string of the molecule is Cl.NCCCCNC(=O)c1ccc([N+](=O)[O-])cc1F. The summed E-state index contributed by atoms with van der Waals surface area (Å²) in [5, 5.41) is 12.9. The third kappa shape index (κ3) is 5.19. The molecule has 19 heavy (non-hydrogen) atoms. The highest BCUT2D eigenvalue weighted by Gasteiger charge is 2.15. The molecule has 0 aliphatic heterocycles. The van der Waals surface area contributed by atoms with Gasteiger partial charge in [-0.05, 0) is 25.5 Å². The number of nitro groups is 1. The molecule has 0 saturated heterocycles. The van der Waals surface area contributed by atoms with Gasteiger partial charge in [-0.1, -0.05) is 0 Å². The van der Waals surface area contributed by atoms with Gasteiger partial charge >= 0.3 is 0 Å². The molecule has 0 aliphatic carbocycles. The average Bonchev–Trinajstić information content (AvgIpc) is 2.34. The summed E-state index contributed by atoms with van der Waals surface area (Å²) in [6.45, 7) is 0.925. The number of nitrogens with zero attached hydrogens (tertiary/aromatic N) is 1. The molecule has 1 amide bonds. The number of benzene rings is 1. The molecule has 0 atom stereocenters. The van der Waals surface area contributed by atoms with Crippen molar-refractivity contribution in [3.63, 3.8) is 0 Å². The summed E-state index contributed by atoms with van der Waals surface area (Å²) in [6.07, 6.45) is 1.47. The molecule has 0 fully saturated rings. The van der Waals surface area contributed by atoms with E-state index in [0.717, 1.165) is 24.6 Å². The van der Waals surface area contributed by atoms with Crippen molar-refractivity contribution in [1.82, 2.24) is 5.32 Å². The van der Waals surface area contributed by atoms with Gasteiger partial charge in [0.05, 0.1) is 16.6 Å². The van der Waals surface area contributed by atoms with E-state index in [0.29, 0.717) is 19.5 Å². The molecule has 1 rings (SSSR count). The van der Waals surface area contributed by atoms with Gasteiger partial charge in [-0.2, -0.15) is 0 Å². The van der Waals surface area contributed by atoms with Gasteiger partial charge in [0.25, 0.3) is 11.6 Å². The number of hydrogen-bond acceptors (Lipinski definition) is 4. The van der Waals surface area contributed by atoms with E-state index < -0.39 is 16.6 Å². The summed E-state index contributed by atoms with van der Waals surface area (Å²) in [4.78, 5) is 21.2. The third-order valence-electron chi connectivity index (χ3n) is 2.32. The molecule has 0 heterocycles. The van der Waals surface area contributed by atoms with Gasteiger partial charge in [-0.15, -0.1) is 12.4 Å². The fourth-order valence-corrected chi connectivity index (χ4v) is 1.37. The van der Waals surface area contributed by atoms with E-state index in [-0.39, 0.29) is 23.7 Å². The average molecular weight is 292 g/mol. The highest BCUT2D eigenvalue weighted by Crippen LogP contribution is 2.16. The first kappa shape index (κ1) is 17.3. The van der Waals surface area contributed by atoms with E-state index in [2.05, 4.69) is 5.32 Å². The number of non-ortho nitro benzene ring substituents is 1. The molecule has 3 N–H and O–H groups in total. The maximum absolute atomic E-state index is 13.5. The minimum Gasteiger partial charge on any atom is -0.352 e. The predicted octanol–water partition coefficient (Wildman–Crippen LogP) is 1.62. The zero-order valence-corrected chi connectivity index (χ0v) is 10.9. The number of hydrogen-bond donors (Lipinski definition) is 2. The van der Waals surface area contributed by atoms with Crippen molar-refractivity contribution in [3.8, 4) is 0 Å². The number of carbonyl (C=O) groups excluding carboxylic acids is 1. The lowest BCUT2D eigenvalue weighted by atomic mass is 10.1. The summed E-state index contributed by atoms with van der Waals surface area (Å²) < 4.78 is 13.5. The lowest BCUT2D eigenvalue weighted by molar-refractivity contribution is -0.385. The molecule has 0 saturated carbocycles. The molecule has 0 spiro atoms. The second-order valence-electron chi connectivity index (χ2n) is 3.67. The van der Waals surface area contributed by atoms with Crippen molar-refractivity contribution < 1.29 is 14.1 Å². The summed E-state index contributed by atoms with van der Waals surface area (Å²) in [7, 11) is 0. The zero-order chi connectivity index (χ0) is 13.5. The lowest BCUT2D eigenvalue weighted by Gasteiger charge is -2.05. The standard InChI is InChI=1S/C11H14FN3O3.ClH/c12-10-7-8(15(17)18)3-4-9(10)11(16)14-6-2-1-5-13;/h3-4,7H,1-2,5-6,13H2,(H,14,16);1H. The van der Waals surface area contributed by atoms with Gasteiger partial charge < -0.3 is 11.1 Å². The van der Waals surface area contributed by atoms with Gasteiger partial charge in [-0.25, -0.2) is 4.39 Å². The van der Waals surface area contributed by atoms with Crippen LogP contribution < -0.4 is 11.1 Å². The summed E-state index contributed by atoms with van der Waals surface area (Å²) in [5.41, 5.74) is 4.71. The topological polar surface area (TPSA) is 98.3 Å². The van der Waals surface area contributed by atoms with Crippen molar-refractivity contribution >= 4 is 24.0 Å². The second kappa shape index (κ2) is 8.39. The molecule has 6 nitrogen and oxygen atoms in total. The zero-order valence-electron chi connectivity index (χ0n) is 10.1. The van der Waals surface area contributed by atoms with Crippen LogP contribution in [0.4, 0.5) is 10.1 Å². The van der Waals surface area contributed by atoms with Crippen LogP contribution in [0.2, 0.25) is 0 Å². The minimum absolute atomic E-state index is 0. The van der Waals surface area contributed by atoms with Crippen LogP contribution in [0.1, 0.15) is 23.2 Å². The Hall–Kier alpha value is -1.73. The highest BCUT2D eigenvalue weighted by atomic mass is 35.5. The van der Waals surface area contributed by atoms with Crippen molar-refractivity contribution in [2.24, 2.45) is 5.73 Å². The van der Waals surface area contributed by atoms with Gasteiger partial charge in [0, 0.05) is 12.6 Å². The number of halogens is 2. The van der Waals surface area contributed by atoms with Crippen LogP contribution in [0, 0.1) is 15.9 Å². The van der Waals surface area contributed by atoms with E-state index in [9.17, 15) is 19.3 Å². The van der Waals surface area contributed by atoms with Crippen molar-refractivity contribution in [2.75, 3.05) is 13.1 Å². The molecule has 1 aromatic rings.